The number of anilines is 2. The lowest BCUT2D eigenvalue weighted by atomic mass is 10.0. The normalized spacial score (nSPS) is 17.3. The first-order valence-corrected chi connectivity index (χ1v) is 13.7. The molecule has 1 aliphatic heterocycles. The minimum atomic E-state index is -4.48. The smallest absolute Gasteiger partial charge is 0.325 e. The zero-order valence-electron chi connectivity index (χ0n) is 17.8. The number of amides is 2. The van der Waals surface area contributed by atoms with Crippen molar-refractivity contribution in [2.75, 3.05) is 24.9 Å². The van der Waals surface area contributed by atoms with E-state index in [1.54, 1.807) is 0 Å². The molecule has 0 saturated carbocycles. The first-order chi connectivity index (χ1) is 15.2. The first kappa shape index (κ1) is 25.3. The number of carbonyl (C=O) groups is 2. The van der Waals surface area contributed by atoms with Crippen LogP contribution in [0.3, 0.4) is 0 Å². The molecule has 0 saturated heterocycles. The molecule has 2 aromatic carbocycles. The zero-order chi connectivity index (χ0) is 24.9. The summed E-state index contributed by atoms with van der Waals surface area (Å²) in [7, 11) is -11.3. The van der Waals surface area contributed by atoms with Crippen molar-refractivity contribution in [1.29, 1.82) is 0 Å². The van der Waals surface area contributed by atoms with E-state index in [1.807, 2.05) is 0 Å². The number of hydrogen-bond donors (Lipinski definition) is 4. The number of rotatable bonds is 6. The lowest BCUT2D eigenvalue weighted by molar-refractivity contribution is -0.115. The molecule has 0 fully saturated rings. The van der Waals surface area contributed by atoms with Crippen molar-refractivity contribution >= 4 is 58.8 Å². The van der Waals surface area contributed by atoms with Crippen LogP contribution in [-0.2, 0) is 37.6 Å². The third-order valence-electron chi connectivity index (χ3n) is 4.79. The molecule has 12 nitrogen and oxygen atoms in total. The number of sulfone groups is 1. The average Bonchev–Trinajstić information content (AvgIpc) is 2.92. The monoisotopic (exact) mass is 518 g/mol. The molecule has 178 valence electrons. The average molecular weight is 518 g/mol. The number of carbonyl (C=O) groups excluding carboxylic acids is 2. The highest BCUT2D eigenvalue weighted by molar-refractivity contribution is 7.92. The predicted molar refractivity (Wildman–Crippen MR) is 119 cm³/mol. The fourth-order valence-electron chi connectivity index (χ4n) is 3.36. The Balaban J connectivity index is 2.43. The van der Waals surface area contributed by atoms with Crippen LogP contribution in [0.25, 0.3) is 11.1 Å². The van der Waals surface area contributed by atoms with Crippen molar-refractivity contribution in [2.45, 2.75) is 23.6 Å². The molecule has 2 aromatic rings. The van der Waals surface area contributed by atoms with Gasteiger partial charge in [0.2, 0.25) is 21.7 Å². The molecular formula is C18H20N2O10P2S. The van der Waals surface area contributed by atoms with E-state index in [4.69, 9.17) is 0 Å². The Labute approximate surface area is 188 Å². The van der Waals surface area contributed by atoms with Gasteiger partial charge in [-0.1, -0.05) is 0 Å². The van der Waals surface area contributed by atoms with Gasteiger partial charge in [0, 0.05) is 39.2 Å². The van der Waals surface area contributed by atoms with Gasteiger partial charge in [0.1, 0.15) is 0 Å². The fourth-order valence-corrected chi connectivity index (χ4v) is 6.89. The molecular weight excluding hydrogens is 498 g/mol. The van der Waals surface area contributed by atoms with E-state index < -0.39 is 36.8 Å². The molecule has 2 amide bonds. The van der Waals surface area contributed by atoms with Gasteiger partial charge in [-0.15, -0.1) is 0 Å². The van der Waals surface area contributed by atoms with E-state index in [0.717, 1.165) is 52.3 Å². The molecule has 2 unspecified atom stereocenters. The van der Waals surface area contributed by atoms with Crippen molar-refractivity contribution in [3.05, 3.63) is 24.3 Å². The van der Waals surface area contributed by atoms with Gasteiger partial charge in [-0.25, -0.2) is 8.42 Å². The molecule has 15 heteroatoms. The number of hydrogen-bond acceptors (Lipinski definition) is 8. The van der Waals surface area contributed by atoms with Gasteiger partial charge in [-0.3, -0.25) is 18.7 Å². The summed E-state index contributed by atoms with van der Waals surface area (Å²) in [5, 5.41) is 3.86. The van der Waals surface area contributed by atoms with Crippen LogP contribution in [0.15, 0.2) is 34.1 Å². The number of benzene rings is 2. The maximum absolute atomic E-state index is 13.3. The summed E-state index contributed by atoms with van der Waals surface area (Å²) < 4.78 is 61.0. The summed E-state index contributed by atoms with van der Waals surface area (Å²) in [6, 6.07) is 4.14. The molecule has 3 rings (SSSR count). The summed E-state index contributed by atoms with van der Waals surface area (Å²) in [5.74, 6) is -1.26. The van der Waals surface area contributed by atoms with Crippen LogP contribution in [0, 0.1) is 0 Å². The summed E-state index contributed by atoms with van der Waals surface area (Å²) >= 11 is 0. The van der Waals surface area contributed by atoms with E-state index in [9.17, 15) is 36.9 Å². The topological polar surface area (TPSA) is 185 Å². The second kappa shape index (κ2) is 8.44. The minimum absolute atomic E-state index is 0.0628. The van der Waals surface area contributed by atoms with Crippen molar-refractivity contribution in [3.8, 4) is 11.1 Å². The van der Waals surface area contributed by atoms with Crippen LogP contribution >= 0.6 is 15.2 Å². The zero-order valence-corrected chi connectivity index (χ0v) is 20.4. The quantitative estimate of drug-likeness (QED) is 0.347. The van der Waals surface area contributed by atoms with Gasteiger partial charge in [0.15, 0.2) is 0 Å². The SMILES string of the molecule is COP(=O)(O)c1cc2c(cc1NC(C)=O)S(=O)(=O)c1cc(NC(C)=O)c(P(=O)(O)OC)cc1-2. The van der Waals surface area contributed by atoms with Gasteiger partial charge >= 0.3 is 15.2 Å². The Morgan fingerprint density at radius 1 is 0.788 bits per heavy atom. The highest BCUT2D eigenvalue weighted by atomic mass is 32.2. The lowest BCUT2D eigenvalue weighted by Crippen LogP contribution is -2.18. The molecule has 4 N–H and O–H groups in total. The van der Waals surface area contributed by atoms with Gasteiger partial charge in [0.25, 0.3) is 0 Å². The highest BCUT2D eigenvalue weighted by Gasteiger charge is 2.39. The molecule has 0 spiro atoms. The second-order valence-corrected chi connectivity index (χ2v) is 12.7. The van der Waals surface area contributed by atoms with Gasteiger partial charge < -0.3 is 29.5 Å². The van der Waals surface area contributed by atoms with Crippen molar-refractivity contribution in [1.82, 2.24) is 0 Å². The van der Waals surface area contributed by atoms with Crippen LogP contribution in [-0.4, -0.2) is 44.2 Å². The molecule has 0 bridgehead atoms. The second-order valence-electron chi connectivity index (χ2n) is 7.00. The van der Waals surface area contributed by atoms with Crippen molar-refractivity contribution in [2.24, 2.45) is 0 Å². The molecule has 1 heterocycles. The van der Waals surface area contributed by atoms with E-state index in [0.29, 0.717) is 0 Å². The van der Waals surface area contributed by atoms with E-state index >= 15 is 0 Å². The lowest BCUT2D eigenvalue weighted by Gasteiger charge is -2.17. The van der Waals surface area contributed by atoms with Crippen LogP contribution in [0.4, 0.5) is 11.4 Å². The number of fused-ring (bicyclic) bond motifs is 3. The van der Waals surface area contributed by atoms with E-state index in [1.165, 1.54) is 0 Å². The highest BCUT2D eigenvalue weighted by Crippen LogP contribution is 2.51. The van der Waals surface area contributed by atoms with Crippen LogP contribution in [0.1, 0.15) is 13.8 Å². The molecule has 0 radical (unpaired) electrons. The summed E-state index contributed by atoms with van der Waals surface area (Å²) in [6.07, 6.45) is 0. The molecule has 0 aromatic heterocycles. The van der Waals surface area contributed by atoms with E-state index in [-0.39, 0.29) is 42.9 Å². The maximum atomic E-state index is 13.3. The first-order valence-electron chi connectivity index (χ1n) is 9.10. The third-order valence-corrected chi connectivity index (χ3v) is 9.57. The Kier molecular flexibility index (Phi) is 6.46. The van der Waals surface area contributed by atoms with Crippen LogP contribution < -0.4 is 21.2 Å². The molecule has 0 aliphatic carbocycles. The molecule has 1 aliphatic rings. The van der Waals surface area contributed by atoms with Gasteiger partial charge in [0.05, 0.1) is 31.8 Å². The van der Waals surface area contributed by atoms with Gasteiger partial charge in [-0.05, 0) is 24.3 Å². The Hall–Kier alpha value is -2.37. The Morgan fingerprint density at radius 2 is 1.12 bits per heavy atom. The molecule has 2 atom stereocenters. The van der Waals surface area contributed by atoms with E-state index in [2.05, 4.69) is 19.7 Å². The largest absolute Gasteiger partial charge is 0.360 e. The van der Waals surface area contributed by atoms with Gasteiger partial charge in [-0.2, -0.15) is 0 Å². The molecule has 33 heavy (non-hydrogen) atoms. The standard InChI is InChI=1S/C18H20N2O10P2S/c1-9(21)19-13-7-17-11(5-15(13)31(23,24)29-3)12-6-16(32(25,26)30-4)14(20-10(2)22)8-18(12)33(17,27)28/h5-8H,1-4H3,(H,19,21)(H,20,22)(H,23,24)(H,25,26). The predicted octanol–water partition coefficient (Wildman–Crippen LogP) is 1.33. The fraction of sp³-hybridized carbons (Fsp3) is 0.222. The summed E-state index contributed by atoms with van der Waals surface area (Å²) in [5.41, 5.74) is -0.631. The summed E-state index contributed by atoms with van der Waals surface area (Å²) in [6.45, 7) is 2.26. The van der Waals surface area contributed by atoms with Crippen LogP contribution in [0.5, 0.6) is 0 Å². The Morgan fingerprint density at radius 3 is 1.39 bits per heavy atom. The van der Waals surface area contributed by atoms with Crippen LogP contribution in [0.2, 0.25) is 0 Å². The maximum Gasteiger partial charge on any atom is 0.360 e. The Bertz CT molecular complexity index is 1300. The van der Waals surface area contributed by atoms with Crippen molar-refractivity contribution < 1.29 is 46.0 Å². The summed E-state index contributed by atoms with van der Waals surface area (Å²) in [4.78, 5) is 43.1. The number of nitrogens with one attached hydrogen (secondary N) is 2. The van der Waals surface area contributed by atoms with Crippen molar-refractivity contribution in [3.63, 3.8) is 0 Å². The third kappa shape index (κ3) is 4.41. The minimum Gasteiger partial charge on any atom is -0.325 e.